The lowest BCUT2D eigenvalue weighted by Crippen LogP contribution is -2.43. The van der Waals surface area contributed by atoms with Gasteiger partial charge in [-0.3, -0.25) is 9.59 Å². The molecule has 1 aliphatic heterocycles. The van der Waals surface area contributed by atoms with Crippen LogP contribution >= 0.6 is 0 Å². The molecule has 0 N–H and O–H groups in total. The quantitative estimate of drug-likeness (QED) is 0.833. The predicted octanol–water partition coefficient (Wildman–Crippen LogP) is 1.56. The number of carbonyl (C=O) groups excluding carboxylic acids is 2. The predicted molar refractivity (Wildman–Crippen MR) is 84.7 cm³/mol. The number of ether oxygens (including phenoxy) is 1. The molecule has 0 spiro atoms. The smallest absolute Gasteiger partial charge is 0.226 e. The first-order chi connectivity index (χ1) is 10.4. The van der Waals surface area contributed by atoms with Crippen molar-refractivity contribution in [3.05, 3.63) is 29.8 Å². The summed E-state index contributed by atoms with van der Waals surface area (Å²) in [6, 6.07) is 7.62. The SMILES string of the molecule is CC(=O)N(C)C[C@@H]1Oc2ccccc2CC(=O)N(C)C[C@@H]1C. The average Bonchev–Trinajstić information content (AvgIpc) is 2.50. The van der Waals surface area contributed by atoms with E-state index in [1.807, 2.05) is 31.3 Å². The van der Waals surface area contributed by atoms with Gasteiger partial charge in [0.25, 0.3) is 0 Å². The lowest BCUT2D eigenvalue weighted by molar-refractivity contribution is -0.131. The monoisotopic (exact) mass is 304 g/mol. The Kier molecular flexibility index (Phi) is 5.06. The molecule has 1 aromatic rings. The highest BCUT2D eigenvalue weighted by Crippen LogP contribution is 2.25. The zero-order valence-corrected chi connectivity index (χ0v) is 13.7. The molecule has 2 amide bonds. The van der Waals surface area contributed by atoms with E-state index >= 15 is 0 Å². The molecule has 0 saturated carbocycles. The van der Waals surface area contributed by atoms with Gasteiger partial charge in [0.1, 0.15) is 11.9 Å². The van der Waals surface area contributed by atoms with Crippen LogP contribution in [-0.4, -0.2) is 54.9 Å². The number of benzene rings is 1. The van der Waals surface area contributed by atoms with Crippen molar-refractivity contribution in [3.63, 3.8) is 0 Å². The molecule has 1 aliphatic rings. The second-order valence-corrected chi connectivity index (χ2v) is 6.09. The fourth-order valence-corrected chi connectivity index (χ4v) is 2.61. The van der Waals surface area contributed by atoms with Crippen LogP contribution in [0.2, 0.25) is 0 Å². The molecule has 22 heavy (non-hydrogen) atoms. The fourth-order valence-electron chi connectivity index (χ4n) is 2.61. The van der Waals surface area contributed by atoms with E-state index in [-0.39, 0.29) is 23.8 Å². The molecule has 1 aromatic carbocycles. The summed E-state index contributed by atoms with van der Waals surface area (Å²) in [6.07, 6.45) is 0.192. The van der Waals surface area contributed by atoms with Gasteiger partial charge < -0.3 is 14.5 Å². The summed E-state index contributed by atoms with van der Waals surface area (Å²) in [5.74, 6) is 0.957. The number of fused-ring (bicyclic) bond motifs is 1. The molecular weight excluding hydrogens is 280 g/mol. The van der Waals surface area contributed by atoms with Gasteiger partial charge in [0.05, 0.1) is 13.0 Å². The molecule has 1 heterocycles. The van der Waals surface area contributed by atoms with Gasteiger partial charge in [0.2, 0.25) is 11.8 Å². The lowest BCUT2D eigenvalue weighted by atomic mass is 10.0. The Morgan fingerprint density at radius 1 is 1.41 bits per heavy atom. The minimum atomic E-state index is -0.150. The van der Waals surface area contributed by atoms with Crippen LogP contribution in [0.15, 0.2) is 24.3 Å². The van der Waals surface area contributed by atoms with Crippen LogP contribution in [-0.2, 0) is 16.0 Å². The minimum absolute atomic E-state index is 0.00777. The number of para-hydroxylation sites is 1. The Labute approximate surface area is 131 Å². The molecule has 2 atom stereocenters. The molecule has 0 aliphatic carbocycles. The van der Waals surface area contributed by atoms with Gasteiger partial charge in [-0.1, -0.05) is 25.1 Å². The van der Waals surface area contributed by atoms with E-state index < -0.39 is 0 Å². The van der Waals surface area contributed by atoms with Gasteiger partial charge in [-0.15, -0.1) is 0 Å². The highest BCUT2D eigenvalue weighted by Gasteiger charge is 2.27. The van der Waals surface area contributed by atoms with Gasteiger partial charge >= 0.3 is 0 Å². The first-order valence-corrected chi connectivity index (χ1v) is 7.58. The summed E-state index contributed by atoms with van der Waals surface area (Å²) >= 11 is 0. The van der Waals surface area contributed by atoms with Gasteiger partial charge in [-0.25, -0.2) is 0 Å². The number of rotatable bonds is 2. The van der Waals surface area contributed by atoms with E-state index in [2.05, 4.69) is 6.92 Å². The zero-order valence-electron chi connectivity index (χ0n) is 13.7. The zero-order chi connectivity index (χ0) is 16.3. The third kappa shape index (κ3) is 3.78. The molecule has 0 saturated heterocycles. The van der Waals surface area contributed by atoms with Crippen molar-refractivity contribution in [2.45, 2.75) is 26.4 Å². The van der Waals surface area contributed by atoms with Gasteiger partial charge in [0.15, 0.2) is 0 Å². The molecule has 0 aromatic heterocycles. The molecule has 0 fully saturated rings. The Hall–Kier alpha value is -2.04. The van der Waals surface area contributed by atoms with Crippen LogP contribution in [0.1, 0.15) is 19.4 Å². The van der Waals surface area contributed by atoms with Crippen LogP contribution in [0.4, 0.5) is 0 Å². The van der Waals surface area contributed by atoms with Crippen molar-refractivity contribution in [1.29, 1.82) is 0 Å². The van der Waals surface area contributed by atoms with E-state index in [9.17, 15) is 9.59 Å². The first kappa shape index (κ1) is 16.3. The van der Waals surface area contributed by atoms with E-state index in [1.54, 1.807) is 23.8 Å². The van der Waals surface area contributed by atoms with Crippen molar-refractivity contribution in [2.24, 2.45) is 5.92 Å². The number of hydrogen-bond acceptors (Lipinski definition) is 3. The highest BCUT2D eigenvalue weighted by atomic mass is 16.5. The molecule has 2 rings (SSSR count). The van der Waals surface area contributed by atoms with Gasteiger partial charge in [-0.05, 0) is 6.07 Å². The fraction of sp³-hybridized carbons (Fsp3) is 0.529. The molecule has 0 bridgehead atoms. The second-order valence-electron chi connectivity index (χ2n) is 6.09. The third-order valence-electron chi connectivity index (χ3n) is 4.21. The molecule has 5 heteroatoms. The summed E-state index contributed by atoms with van der Waals surface area (Å²) < 4.78 is 6.17. The van der Waals surface area contributed by atoms with E-state index in [1.165, 1.54) is 0 Å². The molecular formula is C17H24N2O3. The number of amides is 2. The van der Waals surface area contributed by atoms with Crippen molar-refractivity contribution >= 4 is 11.8 Å². The first-order valence-electron chi connectivity index (χ1n) is 7.58. The topological polar surface area (TPSA) is 49.9 Å². The Morgan fingerprint density at radius 3 is 2.77 bits per heavy atom. The summed E-state index contributed by atoms with van der Waals surface area (Å²) in [5.41, 5.74) is 0.893. The van der Waals surface area contributed by atoms with Crippen LogP contribution in [0, 0.1) is 5.92 Å². The Balaban J connectivity index is 2.30. The van der Waals surface area contributed by atoms with Crippen molar-refractivity contribution in [2.75, 3.05) is 27.2 Å². The minimum Gasteiger partial charge on any atom is -0.488 e. The summed E-state index contributed by atoms with van der Waals surface area (Å²) in [4.78, 5) is 27.2. The third-order valence-corrected chi connectivity index (χ3v) is 4.21. The van der Waals surface area contributed by atoms with Crippen LogP contribution < -0.4 is 4.74 Å². The van der Waals surface area contributed by atoms with Crippen LogP contribution in [0.3, 0.4) is 0 Å². The van der Waals surface area contributed by atoms with Crippen molar-refractivity contribution in [3.8, 4) is 5.75 Å². The van der Waals surface area contributed by atoms with E-state index in [4.69, 9.17) is 4.74 Å². The number of likely N-dealkylation sites (N-methyl/N-ethyl adjacent to an activating group) is 2. The summed E-state index contributed by atoms with van der Waals surface area (Å²) in [5, 5.41) is 0. The standard InChI is InChI=1S/C17H24N2O3/c1-12-10-19(4)17(21)9-14-7-5-6-8-15(14)22-16(12)11-18(3)13(2)20/h5-8,12,16H,9-11H2,1-4H3/t12-,16-/m0/s1. The van der Waals surface area contributed by atoms with Gasteiger partial charge in [-0.2, -0.15) is 0 Å². The van der Waals surface area contributed by atoms with Crippen LogP contribution in [0.25, 0.3) is 0 Å². The van der Waals surface area contributed by atoms with Gasteiger partial charge in [0, 0.05) is 39.0 Å². The Morgan fingerprint density at radius 2 is 2.09 bits per heavy atom. The number of nitrogens with zero attached hydrogens (tertiary/aromatic N) is 2. The Bertz CT molecular complexity index is 559. The van der Waals surface area contributed by atoms with E-state index in [0.717, 1.165) is 11.3 Å². The molecule has 5 nitrogen and oxygen atoms in total. The molecule has 0 unspecified atom stereocenters. The summed E-state index contributed by atoms with van der Waals surface area (Å²) in [7, 11) is 3.59. The molecule has 0 radical (unpaired) electrons. The van der Waals surface area contributed by atoms with E-state index in [0.29, 0.717) is 19.5 Å². The maximum atomic E-state index is 12.3. The number of carbonyl (C=O) groups is 2. The largest absolute Gasteiger partial charge is 0.488 e. The molecule has 120 valence electrons. The summed E-state index contributed by atoms with van der Waals surface area (Å²) in [6.45, 7) is 4.72. The highest BCUT2D eigenvalue weighted by molar-refractivity contribution is 5.79. The normalized spacial score (nSPS) is 22.0. The lowest BCUT2D eigenvalue weighted by Gasteiger charge is -2.30. The van der Waals surface area contributed by atoms with Crippen LogP contribution in [0.5, 0.6) is 5.75 Å². The average molecular weight is 304 g/mol. The second kappa shape index (κ2) is 6.81. The maximum Gasteiger partial charge on any atom is 0.226 e. The van der Waals surface area contributed by atoms with Crippen molar-refractivity contribution in [1.82, 2.24) is 9.80 Å². The maximum absolute atomic E-state index is 12.3. The van der Waals surface area contributed by atoms with Crippen molar-refractivity contribution < 1.29 is 14.3 Å². The number of hydrogen-bond donors (Lipinski definition) is 0.